The number of nitrogens with zero attached hydrogens (tertiary/aromatic N) is 2. The topological polar surface area (TPSA) is 73.2 Å². The first-order chi connectivity index (χ1) is 8.52. The molecular weight excluding hydrogens is 250 g/mol. The summed E-state index contributed by atoms with van der Waals surface area (Å²) < 4.78 is 23.5. The lowest BCUT2D eigenvalue weighted by Gasteiger charge is -2.36. The second kappa shape index (κ2) is 4.96. The third-order valence-electron chi connectivity index (χ3n) is 3.02. The molecule has 1 fully saturated rings. The van der Waals surface area contributed by atoms with Crippen LogP contribution in [0, 0.1) is 11.3 Å². The highest BCUT2D eigenvalue weighted by Gasteiger charge is 2.30. The molecule has 1 aliphatic heterocycles. The summed E-state index contributed by atoms with van der Waals surface area (Å²) in [5.41, 5.74) is 1.41. The smallest absolute Gasteiger partial charge is 0.169 e. The molecule has 0 radical (unpaired) electrons. The summed E-state index contributed by atoms with van der Waals surface area (Å²) in [6, 6.07) is 9.05. The number of anilines is 1. The zero-order valence-electron chi connectivity index (χ0n) is 10.1. The van der Waals surface area contributed by atoms with Gasteiger partial charge in [0.1, 0.15) is 5.37 Å². The van der Waals surface area contributed by atoms with Gasteiger partial charge in [0.2, 0.25) is 0 Å². The highest BCUT2D eigenvalue weighted by molar-refractivity contribution is 7.91. The van der Waals surface area contributed by atoms with Crippen LogP contribution in [-0.2, 0) is 9.84 Å². The highest BCUT2D eigenvalue weighted by Crippen LogP contribution is 2.21. The van der Waals surface area contributed by atoms with Crippen molar-refractivity contribution in [2.45, 2.75) is 5.37 Å². The van der Waals surface area contributed by atoms with Gasteiger partial charge < -0.3 is 10.2 Å². The Bertz CT molecular complexity index is 560. The zero-order chi connectivity index (χ0) is 13.2. The first-order valence-corrected chi connectivity index (χ1v) is 7.64. The van der Waals surface area contributed by atoms with Crippen molar-refractivity contribution in [1.82, 2.24) is 5.32 Å². The summed E-state index contributed by atoms with van der Waals surface area (Å²) in [6.45, 7) is 1.83. The van der Waals surface area contributed by atoms with Gasteiger partial charge in [-0.2, -0.15) is 5.26 Å². The zero-order valence-corrected chi connectivity index (χ0v) is 10.9. The third-order valence-corrected chi connectivity index (χ3v) is 4.43. The molecule has 1 atom stereocenters. The quantitative estimate of drug-likeness (QED) is 0.834. The Morgan fingerprint density at radius 3 is 2.61 bits per heavy atom. The molecule has 1 saturated heterocycles. The van der Waals surface area contributed by atoms with Gasteiger partial charge in [-0.05, 0) is 24.3 Å². The minimum atomic E-state index is -3.14. The molecule has 0 spiro atoms. The van der Waals surface area contributed by atoms with Crippen LogP contribution in [0.3, 0.4) is 0 Å². The van der Waals surface area contributed by atoms with Gasteiger partial charge in [-0.15, -0.1) is 0 Å². The minimum Gasteiger partial charge on any atom is -0.353 e. The molecule has 1 aliphatic rings. The molecule has 2 rings (SSSR count). The predicted octanol–water partition coefficient (Wildman–Crippen LogP) is 0.339. The van der Waals surface area contributed by atoms with Crippen molar-refractivity contribution in [2.75, 3.05) is 30.8 Å². The summed E-state index contributed by atoms with van der Waals surface area (Å²) in [6.07, 6.45) is 1.25. The van der Waals surface area contributed by atoms with E-state index in [9.17, 15) is 8.42 Å². The Balaban J connectivity index is 2.31. The van der Waals surface area contributed by atoms with Crippen LogP contribution in [0.1, 0.15) is 5.56 Å². The maximum absolute atomic E-state index is 11.8. The fraction of sp³-hybridized carbons (Fsp3) is 0.417. The van der Waals surface area contributed by atoms with Gasteiger partial charge in [-0.3, -0.25) is 0 Å². The molecule has 1 N–H and O–H groups in total. The van der Waals surface area contributed by atoms with E-state index < -0.39 is 15.2 Å². The van der Waals surface area contributed by atoms with Gasteiger partial charge >= 0.3 is 0 Å². The maximum Gasteiger partial charge on any atom is 0.169 e. The summed E-state index contributed by atoms with van der Waals surface area (Å²) in [5, 5.41) is 11.3. The monoisotopic (exact) mass is 265 g/mol. The van der Waals surface area contributed by atoms with Crippen LogP contribution >= 0.6 is 0 Å². The molecule has 0 saturated carbocycles. The number of nitrogens with one attached hydrogen (secondary N) is 1. The average molecular weight is 265 g/mol. The van der Waals surface area contributed by atoms with Crippen molar-refractivity contribution in [3.05, 3.63) is 29.8 Å². The number of hydrogen-bond donors (Lipinski definition) is 1. The van der Waals surface area contributed by atoms with Crippen molar-refractivity contribution in [3.8, 4) is 6.07 Å². The molecule has 5 nitrogen and oxygen atoms in total. The lowest BCUT2D eigenvalue weighted by molar-refractivity contribution is 0.522. The van der Waals surface area contributed by atoms with Crippen LogP contribution in [0.5, 0.6) is 0 Å². The number of rotatable bonds is 2. The first kappa shape index (κ1) is 12.9. The number of hydrogen-bond acceptors (Lipinski definition) is 5. The number of piperazine rings is 1. The van der Waals surface area contributed by atoms with Crippen LogP contribution < -0.4 is 10.2 Å². The van der Waals surface area contributed by atoms with Crippen LogP contribution in [-0.4, -0.2) is 39.7 Å². The SMILES string of the molecule is CS(=O)(=O)C1CNCCN1c1ccc(C#N)cc1. The molecule has 1 heterocycles. The molecule has 1 unspecified atom stereocenters. The minimum absolute atomic E-state index is 0.429. The van der Waals surface area contributed by atoms with Gasteiger partial charge in [0.25, 0.3) is 0 Å². The summed E-state index contributed by atoms with van der Waals surface area (Å²) in [7, 11) is -3.14. The van der Waals surface area contributed by atoms with Gasteiger partial charge in [0.05, 0.1) is 11.6 Å². The van der Waals surface area contributed by atoms with Crippen molar-refractivity contribution in [3.63, 3.8) is 0 Å². The molecule has 6 heteroatoms. The summed E-state index contributed by atoms with van der Waals surface area (Å²) >= 11 is 0. The second-order valence-corrected chi connectivity index (χ2v) is 6.54. The normalized spacial score (nSPS) is 20.4. The fourth-order valence-corrected chi connectivity index (χ4v) is 3.19. The Morgan fingerprint density at radius 1 is 1.39 bits per heavy atom. The largest absolute Gasteiger partial charge is 0.353 e. The van der Waals surface area contributed by atoms with Gasteiger partial charge in [0.15, 0.2) is 9.84 Å². The van der Waals surface area contributed by atoms with E-state index in [2.05, 4.69) is 5.32 Å². The lowest BCUT2D eigenvalue weighted by atomic mass is 10.2. The maximum atomic E-state index is 11.8. The Hall–Kier alpha value is -1.58. The fourth-order valence-electron chi connectivity index (χ4n) is 2.08. The van der Waals surface area contributed by atoms with Crippen LogP contribution in [0.4, 0.5) is 5.69 Å². The van der Waals surface area contributed by atoms with Crippen LogP contribution in [0.2, 0.25) is 0 Å². The summed E-state index contributed by atoms with van der Waals surface area (Å²) in [4.78, 5) is 1.87. The Kier molecular flexibility index (Phi) is 3.55. The number of benzene rings is 1. The van der Waals surface area contributed by atoms with Crippen molar-refractivity contribution in [2.24, 2.45) is 0 Å². The lowest BCUT2D eigenvalue weighted by Crippen LogP contribution is -2.54. The van der Waals surface area contributed by atoms with E-state index in [1.165, 1.54) is 6.26 Å². The van der Waals surface area contributed by atoms with Crippen molar-refractivity contribution >= 4 is 15.5 Å². The molecule has 0 bridgehead atoms. The first-order valence-electron chi connectivity index (χ1n) is 5.69. The molecule has 0 aliphatic carbocycles. The van der Waals surface area contributed by atoms with E-state index in [4.69, 9.17) is 5.26 Å². The van der Waals surface area contributed by atoms with E-state index in [0.717, 1.165) is 12.2 Å². The molecule has 18 heavy (non-hydrogen) atoms. The Morgan fingerprint density at radius 2 is 2.06 bits per heavy atom. The number of sulfone groups is 1. The molecule has 1 aromatic carbocycles. The molecular formula is C12H15N3O2S. The van der Waals surface area contributed by atoms with Gasteiger partial charge in [-0.25, -0.2) is 8.42 Å². The van der Waals surface area contributed by atoms with Crippen LogP contribution in [0.15, 0.2) is 24.3 Å². The van der Waals surface area contributed by atoms with E-state index in [-0.39, 0.29) is 0 Å². The number of nitriles is 1. The molecule has 96 valence electrons. The molecule has 0 aromatic heterocycles. The second-order valence-electron chi connectivity index (χ2n) is 4.34. The van der Waals surface area contributed by atoms with E-state index in [1.807, 2.05) is 11.0 Å². The Labute approximate surface area is 107 Å². The van der Waals surface area contributed by atoms with Gasteiger partial charge in [0, 0.05) is 31.6 Å². The van der Waals surface area contributed by atoms with Crippen LogP contribution in [0.25, 0.3) is 0 Å². The highest BCUT2D eigenvalue weighted by atomic mass is 32.2. The predicted molar refractivity (Wildman–Crippen MR) is 70.0 cm³/mol. The average Bonchev–Trinajstić information content (AvgIpc) is 2.38. The standard InChI is InChI=1S/C12H15N3O2S/c1-18(16,17)12-9-14-6-7-15(12)11-4-2-10(8-13)3-5-11/h2-5,12,14H,6-7,9H2,1H3. The summed E-state index contributed by atoms with van der Waals surface area (Å²) in [5.74, 6) is 0. The molecule has 0 amide bonds. The molecule has 1 aromatic rings. The van der Waals surface area contributed by atoms with Gasteiger partial charge in [-0.1, -0.05) is 0 Å². The van der Waals surface area contributed by atoms with E-state index >= 15 is 0 Å². The van der Waals surface area contributed by atoms with E-state index in [1.54, 1.807) is 24.3 Å². The van der Waals surface area contributed by atoms with E-state index in [0.29, 0.717) is 18.7 Å². The third kappa shape index (κ3) is 2.63. The van der Waals surface area contributed by atoms with Crippen molar-refractivity contribution in [1.29, 1.82) is 5.26 Å². The van der Waals surface area contributed by atoms with Crippen molar-refractivity contribution < 1.29 is 8.42 Å².